The van der Waals surface area contributed by atoms with Crippen LogP contribution in [-0.2, 0) is 4.79 Å². The summed E-state index contributed by atoms with van der Waals surface area (Å²) in [6.45, 7) is 4.82. The van der Waals surface area contributed by atoms with Gasteiger partial charge in [-0.25, -0.2) is 0 Å². The molecule has 0 radical (unpaired) electrons. The Morgan fingerprint density at radius 1 is 1.33 bits per heavy atom. The maximum atomic E-state index is 12.6. The van der Waals surface area contributed by atoms with Crippen molar-refractivity contribution in [3.63, 3.8) is 0 Å². The monoisotopic (exact) mass is 318 g/mol. The minimum absolute atomic E-state index is 0.0133. The summed E-state index contributed by atoms with van der Waals surface area (Å²) in [6, 6.07) is 8.43. The van der Waals surface area contributed by atoms with Crippen LogP contribution in [0.2, 0.25) is 0 Å². The number of benzene rings is 1. The van der Waals surface area contributed by atoms with E-state index >= 15 is 0 Å². The highest BCUT2D eigenvalue weighted by molar-refractivity contribution is 8.09. The second kappa shape index (κ2) is 5.81. The van der Waals surface area contributed by atoms with Crippen molar-refractivity contribution >= 4 is 39.9 Å². The maximum Gasteiger partial charge on any atom is 0.244 e. The van der Waals surface area contributed by atoms with Crippen LogP contribution in [-0.4, -0.2) is 33.8 Å². The molecule has 1 amide bonds. The summed E-state index contributed by atoms with van der Waals surface area (Å²) in [5.41, 5.74) is 2.41. The van der Waals surface area contributed by atoms with Gasteiger partial charge in [0.05, 0.1) is 6.04 Å². The van der Waals surface area contributed by atoms with Crippen LogP contribution in [0.4, 0.5) is 0 Å². The number of fused-ring (bicyclic) bond motifs is 1. The number of nitrogens with one attached hydrogen (secondary N) is 1. The second-order valence-corrected chi connectivity index (χ2v) is 6.97. The Hall–Kier alpha value is -1.33. The van der Waals surface area contributed by atoms with Crippen molar-refractivity contribution in [2.75, 3.05) is 6.54 Å². The first-order valence-electron chi connectivity index (χ1n) is 7.17. The molecule has 2 unspecified atom stereocenters. The van der Waals surface area contributed by atoms with E-state index in [2.05, 4.69) is 49.5 Å². The molecule has 110 valence electrons. The average Bonchev–Trinajstić information content (AvgIpc) is 2.88. The molecular weight excluding hydrogens is 300 g/mol. The normalized spacial score (nSPS) is 24.7. The van der Waals surface area contributed by atoms with Gasteiger partial charge in [0.1, 0.15) is 5.25 Å². The second-order valence-electron chi connectivity index (χ2n) is 5.40. The van der Waals surface area contributed by atoms with E-state index in [0.717, 1.165) is 11.3 Å². The zero-order valence-corrected chi connectivity index (χ0v) is 13.8. The van der Waals surface area contributed by atoms with E-state index in [-0.39, 0.29) is 17.2 Å². The quantitative estimate of drug-likeness (QED) is 0.869. The van der Waals surface area contributed by atoms with E-state index < -0.39 is 0 Å². The van der Waals surface area contributed by atoms with E-state index in [9.17, 15) is 4.79 Å². The maximum absolute atomic E-state index is 12.6. The Morgan fingerprint density at radius 3 is 2.71 bits per heavy atom. The lowest BCUT2D eigenvalue weighted by Crippen LogP contribution is -2.59. The molecule has 5 heteroatoms. The molecule has 21 heavy (non-hydrogen) atoms. The Kier molecular flexibility index (Phi) is 4.04. The Morgan fingerprint density at radius 2 is 2.05 bits per heavy atom. The number of rotatable bonds is 3. The zero-order valence-electron chi connectivity index (χ0n) is 12.1. The summed E-state index contributed by atoms with van der Waals surface area (Å²) in [6.07, 6.45) is 3.04. The van der Waals surface area contributed by atoms with E-state index in [4.69, 9.17) is 12.2 Å². The number of amides is 1. The van der Waals surface area contributed by atoms with Crippen molar-refractivity contribution in [2.45, 2.75) is 31.6 Å². The van der Waals surface area contributed by atoms with Gasteiger partial charge in [-0.15, -0.1) is 11.8 Å². The number of nitrogens with zero attached hydrogens (tertiary/aromatic N) is 1. The van der Waals surface area contributed by atoms with Crippen molar-refractivity contribution in [1.29, 1.82) is 0 Å². The molecule has 2 aliphatic heterocycles. The molecule has 1 fully saturated rings. The number of thiocarbonyl (C=S) groups is 1. The highest BCUT2D eigenvalue weighted by atomic mass is 32.2. The number of carbonyl (C=O) groups excluding carboxylic acids is 1. The first-order valence-corrected chi connectivity index (χ1v) is 8.46. The van der Waals surface area contributed by atoms with Crippen molar-refractivity contribution in [1.82, 2.24) is 10.2 Å². The fourth-order valence-corrected chi connectivity index (χ4v) is 4.22. The Balaban J connectivity index is 1.82. The summed E-state index contributed by atoms with van der Waals surface area (Å²) in [7, 11) is 0. The van der Waals surface area contributed by atoms with Crippen LogP contribution in [0.25, 0.3) is 4.91 Å². The molecule has 3 rings (SSSR count). The van der Waals surface area contributed by atoms with Gasteiger partial charge in [0, 0.05) is 11.4 Å². The molecular formula is C16H18N2OS2. The first-order chi connectivity index (χ1) is 10.1. The van der Waals surface area contributed by atoms with Crippen LogP contribution in [0, 0.1) is 6.92 Å². The molecule has 1 N–H and O–H groups in total. The molecule has 3 nitrogen and oxygen atoms in total. The Bertz CT molecular complexity index is 609. The fraction of sp³-hybridized carbons (Fsp3) is 0.375. The van der Waals surface area contributed by atoms with Crippen molar-refractivity contribution in [2.24, 2.45) is 0 Å². The fourth-order valence-electron chi connectivity index (χ4n) is 2.61. The molecule has 0 bridgehead atoms. The van der Waals surface area contributed by atoms with Gasteiger partial charge >= 0.3 is 0 Å². The van der Waals surface area contributed by atoms with Crippen molar-refractivity contribution in [3.05, 3.63) is 41.5 Å². The van der Waals surface area contributed by atoms with Gasteiger partial charge in [0.25, 0.3) is 0 Å². The molecule has 1 aromatic carbocycles. The molecule has 1 aromatic rings. The topological polar surface area (TPSA) is 32.3 Å². The number of carbonyl (C=O) groups is 1. The van der Waals surface area contributed by atoms with Crippen LogP contribution in [0.15, 0.2) is 30.3 Å². The smallest absolute Gasteiger partial charge is 0.244 e. The lowest BCUT2D eigenvalue weighted by atomic mass is 10.1. The summed E-state index contributed by atoms with van der Waals surface area (Å²) in [5, 5.41) is 3.76. The van der Waals surface area contributed by atoms with Crippen LogP contribution in [0.5, 0.6) is 0 Å². The van der Waals surface area contributed by atoms with Gasteiger partial charge in [-0.1, -0.05) is 36.8 Å². The zero-order chi connectivity index (χ0) is 15.0. The molecule has 0 aromatic heterocycles. The predicted molar refractivity (Wildman–Crippen MR) is 92.1 cm³/mol. The molecule has 1 saturated heterocycles. The summed E-state index contributed by atoms with van der Waals surface area (Å²) >= 11 is 6.96. The summed E-state index contributed by atoms with van der Waals surface area (Å²) in [4.78, 5) is 15.4. The van der Waals surface area contributed by atoms with Gasteiger partial charge in [-0.3, -0.25) is 9.69 Å². The van der Waals surface area contributed by atoms with Crippen molar-refractivity contribution < 1.29 is 4.79 Å². The predicted octanol–water partition coefficient (Wildman–Crippen LogP) is 2.95. The molecule has 2 aliphatic rings. The van der Waals surface area contributed by atoms with Crippen LogP contribution in [0.3, 0.4) is 0 Å². The first kappa shape index (κ1) is 14.6. The minimum Gasteiger partial charge on any atom is -0.354 e. The van der Waals surface area contributed by atoms with E-state index in [1.807, 2.05) is 0 Å². The molecule has 2 heterocycles. The number of aryl methyl sites for hydroxylation is 1. The molecule has 2 atom stereocenters. The van der Waals surface area contributed by atoms with Gasteiger partial charge < -0.3 is 5.32 Å². The van der Waals surface area contributed by atoms with Crippen molar-refractivity contribution in [3.8, 4) is 0 Å². The highest BCUT2D eigenvalue weighted by Gasteiger charge is 2.42. The van der Waals surface area contributed by atoms with Gasteiger partial charge in [0.15, 0.2) is 5.11 Å². The lowest BCUT2D eigenvalue weighted by molar-refractivity contribution is -0.127. The van der Waals surface area contributed by atoms with Gasteiger partial charge in [0.2, 0.25) is 5.91 Å². The minimum atomic E-state index is -0.0976. The third kappa shape index (κ3) is 2.72. The third-order valence-electron chi connectivity index (χ3n) is 3.74. The van der Waals surface area contributed by atoms with Crippen LogP contribution >= 0.6 is 24.0 Å². The van der Waals surface area contributed by atoms with E-state index in [0.29, 0.717) is 11.7 Å². The SMILES string of the molecule is CCCN1C(=O)C2SC(c3ccc(C)cc3)=CC2NC1=S. The van der Waals surface area contributed by atoms with Crippen LogP contribution in [0.1, 0.15) is 24.5 Å². The third-order valence-corrected chi connectivity index (χ3v) is 5.45. The highest BCUT2D eigenvalue weighted by Crippen LogP contribution is 2.41. The van der Waals surface area contributed by atoms with Gasteiger partial charge in [-0.05, 0) is 37.2 Å². The standard InChI is InChI=1S/C16H18N2OS2/c1-3-8-18-15(19)14-12(17-16(18)20)9-13(21-14)11-6-4-10(2)5-7-11/h4-7,9,12,14H,3,8H2,1-2H3,(H,17,20). The Labute approximate surface area is 134 Å². The molecule has 0 aliphatic carbocycles. The van der Waals surface area contributed by atoms with E-state index in [1.54, 1.807) is 16.7 Å². The molecule has 0 spiro atoms. The van der Waals surface area contributed by atoms with Crippen LogP contribution < -0.4 is 5.32 Å². The largest absolute Gasteiger partial charge is 0.354 e. The summed E-state index contributed by atoms with van der Waals surface area (Å²) in [5.74, 6) is 0.133. The molecule has 0 saturated carbocycles. The lowest BCUT2D eigenvalue weighted by Gasteiger charge is -2.35. The van der Waals surface area contributed by atoms with E-state index in [1.165, 1.54) is 11.1 Å². The summed E-state index contributed by atoms with van der Waals surface area (Å²) < 4.78 is 0. The average molecular weight is 318 g/mol. The number of hydrogen-bond donors (Lipinski definition) is 1. The van der Waals surface area contributed by atoms with Gasteiger partial charge in [-0.2, -0.15) is 0 Å². The number of thioether (sulfide) groups is 1. The number of hydrogen-bond acceptors (Lipinski definition) is 3.